The Hall–Kier alpha value is -0.730. The molecular weight excluding hydrogens is 222 g/mol. The van der Waals surface area contributed by atoms with Gasteiger partial charge in [0, 0.05) is 17.1 Å². The van der Waals surface area contributed by atoms with Crippen LogP contribution in [0.5, 0.6) is 5.75 Å². The Bertz CT molecular complexity index is 374. The SMILES string of the molecule is Cc1cc(Cl)cc(CNCC2CCC2)c1O. The molecule has 0 saturated heterocycles. The Kier molecular flexibility index (Phi) is 3.72. The van der Waals surface area contributed by atoms with Gasteiger partial charge in [-0.15, -0.1) is 0 Å². The summed E-state index contributed by atoms with van der Waals surface area (Å²) < 4.78 is 0. The molecule has 1 aromatic rings. The Morgan fingerprint density at radius 3 is 2.81 bits per heavy atom. The van der Waals surface area contributed by atoms with E-state index in [1.54, 1.807) is 6.07 Å². The molecular formula is C13H18ClNO. The molecule has 1 aliphatic rings. The van der Waals surface area contributed by atoms with Gasteiger partial charge in [0.25, 0.3) is 0 Å². The summed E-state index contributed by atoms with van der Waals surface area (Å²) in [6.07, 6.45) is 4.05. The van der Waals surface area contributed by atoms with Crippen molar-refractivity contribution in [2.75, 3.05) is 6.54 Å². The molecule has 2 rings (SSSR count). The lowest BCUT2D eigenvalue weighted by atomic mass is 9.85. The summed E-state index contributed by atoms with van der Waals surface area (Å²) in [5, 5.41) is 13.9. The molecule has 0 aliphatic heterocycles. The molecule has 1 aromatic carbocycles. The van der Waals surface area contributed by atoms with Crippen molar-refractivity contribution in [1.29, 1.82) is 0 Å². The first kappa shape index (κ1) is 11.7. The fraction of sp³-hybridized carbons (Fsp3) is 0.538. The van der Waals surface area contributed by atoms with E-state index >= 15 is 0 Å². The smallest absolute Gasteiger partial charge is 0.123 e. The van der Waals surface area contributed by atoms with Gasteiger partial charge < -0.3 is 10.4 Å². The van der Waals surface area contributed by atoms with Gasteiger partial charge in [0.15, 0.2) is 0 Å². The van der Waals surface area contributed by atoms with Crippen LogP contribution >= 0.6 is 11.6 Å². The molecule has 0 heterocycles. The average Bonchev–Trinajstić information content (AvgIpc) is 2.16. The summed E-state index contributed by atoms with van der Waals surface area (Å²) in [5.74, 6) is 1.20. The third kappa shape index (κ3) is 2.69. The Morgan fingerprint density at radius 2 is 2.19 bits per heavy atom. The third-order valence-electron chi connectivity index (χ3n) is 3.32. The molecule has 1 aliphatic carbocycles. The van der Waals surface area contributed by atoms with E-state index in [-0.39, 0.29) is 0 Å². The molecule has 16 heavy (non-hydrogen) atoms. The molecule has 1 saturated carbocycles. The second kappa shape index (κ2) is 5.07. The van der Waals surface area contributed by atoms with Gasteiger partial charge in [-0.2, -0.15) is 0 Å². The van der Waals surface area contributed by atoms with Crippen molar-refractivity contribution in [1.82, 2.24) is 5.32 Å². The number of hydrogen-bond donors (Lipinski definition) is 2. The standard InChI is InChI=1S/C13H18ClNO/c1-9-5-12(14)6-11(13(9)16)8-15-7-10-3-2-4-10/h5-6,10,15-16H,2-4,7-8H2,1H3. The van der Waals surface area contributed by atoms with Crippen LogP contribution in [0.4, 0.5) is 0 Å². The van der Waals surface area contributed by atoms with Crippen LogP contribution in [0.3, 0.4) is 0 Å². The highest BCUT2D eigenvalue weighted by molar-refractivity contribution is 6.30. The number of rotatable bonds is 4. The second-order valence-electron chi connectivity index (χ2n) is 4.66. The predicted octanol–water partition coefficient (Wildman–Crippen LogP) is 3.24. The second-order valence-corrected chi connectivity index (χ2v) is 5.09. The lowest BCUT2D eigenvalue weighted by molar-refractivity contribution is 0.300. The van der Waals surface area contributed by atoms with E-state index in [4.69, 9.17) is 11.6 Å². The highest BCUT2D eigenvalue weighted by atomic mass is 35.5. The maximum absolute atomic E-state index is 9.86. The van der Waals surface area contributed by atoms with Crippen LogP contribution in [-0.2, 0) is 6.54 Å². The van der Waals surface area contributed by atoms with Gasteiger partial charge in [-0.3, -0.25) is 0 Å². The topological polar surface area (TPSA) is 32.3 Å². The van der Waals surface area contributed by atoms with E-state index in [0.717, 1.165) is 23.6 Å². The number of nitrogens with one attached hydrogen (secondary N) is 1. The van der Waals surface area contributed by atoms with Crippen molar-refractivity contribution in [2.24, 2.45) is 5.92 Å². The average molecular weight is 240 g/mol. The van der Waals surface area contributed by atoms with Crippen LogP contribution in [0.25, 0.3) is 0 Å². The summed E-state index contributed by atoms with van der Waals surface area (Å²) in [7, 11) is 0. The van der Waals surface area contributed by atoms with Crippen molar-refractivity contribution in [2.45, 2.75) is 32.7 Å². The number of aryl methyl sites for hydroxylation is 1. The van der Waals surface area contributed by atoms with Crippen molar-refractivity contribution in [3.05, 3.63) is 28.3 Å². The predicted molar refractivity (Wildman–Crippen MR) is 66.9 cm³/mol. The van der Waals surface area contributed by atoms with Gasteiger partial charge in [0.2, 0.25) is 0 Å². The fourth-order valence-electron chi connectivity index (χ4n) is 2.05. The molecule has 0 atom stereocenters. The highest BCUT2D eigenvalue weighted by Crippen LogP contribution is 2.27. The molecule has 88 valence electrons. The number of hydrogen-bond acceptors (Lipinski definition) is 2. The molecule has 2 N–H and O–H groups in total. The molecule has 1 fully saturated rings. The van der Waals surface area contributed by atoms with Crippen LogP contribution in [0.1, 0.15) is 30.4 Å². The zero-order chi connectivity index (χ0) is 11.5. The molecule has 0 aromatic heterocycles. The Morgan fingerprint density at radius 1 is 1.44 bits per heavy atom. The van der Waals surface area contributed by atoms with Crippen LogP contribution in [-0.4, -0.2) is 11.7 Å². The van der Waals surface area contributed by atoms with E-state index < -0.39 is 0 Å². The minimum atomic E-state index is 0.366. The van der Waals surface area contributed by atoms with Crippen molar-refractivity contribution < 1.29 is 5.11 Å². The first-order valence-electron chi connectivity index (χ1n) is 5.85. The Balaban J connectivity index is 1.92. The van der Waals surface area contributed by atoms with E-state index in [1.807, 2.05) is 13.0 Å². The fourth-order valence-corrected chi connectivity index (χ4v) is 2.34. The number of phenols is 1. The van der Waals surface area contributed by atoms with Gasteiger partial charge in [0.1, 0.15) is 5.75 Å². The quantitative estimate of drug-likeness (QED) is 0.846. The van der Waals surface area contributed by atoms with Gasteiger partial charge in [-0.1, -0.05) is 18.0 Å². The molecule has 0 unspecified atom stereocenters. The van der Waals surface area contributed by atoms with Gasteiger partial charge >= 0.3 is 0 Å². The summed E-state index contributed by atoms with van der Waals surface area (Å²) >= 11 is 5.96. The summed E-state index contributed by atoms with van der Waals surface area (Å²) in [4.78, 5) is 0. The van der Waals surface area contributed by atoms with Crippen LogP contribution in [0.2, 0.25) is 5.02 Å². The van der Waals surface area contributed by atoms with E-state index in [0.29, 0.717) is 17.3 Å². The number of phenolic OH excluding ortho intramolecular Hbond substituents is 1. The molecule has 0 bridgehead atoms. The molecule has 3 heteroatoms. The zero-order valence-corrected chi connectivity index (χ0v) is 10.3. The van der Waals surface area contributed by atoms with Crippen molar-refractivity contribution in [3.63, 3.8) is 0 Å². The van der Waals surface area contributed by atoms with Crippen molar-refractivity contribution >= 4 is 11.6 Å². The van der Waals surface area contributed by atoms with Gasteiger partial charge in [-0.05, 0) is 49.9 Å². The van der Waals surface area contributed by atoms with Crippen LogP contribution in [0, 0.1) is 12.8 Å². The largest absolute Gasteiger partial charge is 0.507 e. The summed E-state index contributed by atoms with van der Waals surface area (Å²) in [5.41, 5.74) is 1.73. The number of halogens is 1. The van der Waals surface area contributed by atoms with Crippen molar-refractivity contribution in [3.8, 4) is 5.75 Å². The summed E-state index contributed by atoms with van der Waals surface area (Å²) in [6, 6.07) is 3.62. The van der Waals surface area contributed by atoms with Gasteiger partial charge in [-0.25, -0.2) is 0 Å². The van der Waals surface area contributed by atoms with Crippen LogP contribution < -0.4 is 5.32 Å². The van der Waals surface area contributed by atoms with E-state index in [9.17, 15) is 5.11 Å². The number of aromatic hydroxyl groups is 1. The first-order chi connectivity index (χ1) is 7.66. The van der Waals surface area contributed by atoms with E-state index in [2.05, 4.69) is 5.32 Å². The minimum absolute atomic E-state index is 0.366. The number of benzene rings is 1. The minimum Gasteiger partial charge on any atom is -0.507 e. The Labute approximate surface area is 102 Å². The third-order valence-corrected chi connectivity index (χ3v) is 3.54. The van der Waals surface area contributed by atoms with Crippen LogP contribution in [0.15, 0.2) is 12.1 Å². The molecule has 0 radical (unpaired) electrons. The maximum Gasteiger partial charge on any atom is 0.123 e. The first-order valence-corrected chi connectivity index (χ1v) is 6.23. The molecule has 0 spiro atoms. The molecule has 2 nitrogen and oxygen atoms in total. The zero-order valence-electron chi connectivity index (χ0n) is 9.59. The van der Waals surface area contributed by atoms with Gasteiger partial charge in [0.05, 0.1) is 0 Å². The summed E-state index contributed by atoms with van der Waals surface area (Å²) in [6.45, 7) is 3.62. The lowest BCUT2D eigenvalue weighted by Gasteiger charge is -2.25. The van der Waals surface area contributed by atoms with E-state index in [1.165, 1.54) is 19.3 Å². The lowest BCUT2D eigenvalue weighted by Crippen LogP contribution is -2.26. The monoisotopic (exact) mass is 239 g/mol. The normalized spacial score (nSPS) is 16.1. The maximum atomic E-state index is 9.86. The molecule has 0 amide bonds. The highest BCUT2D eigenvalue weighted by Gasteiger charge is 2.16.